The first kappa shape index (κ1) is 18.9. The van der Waals surface area contributed by atoms with Crippen molar-refractivity contribution in [3.05, 3.63) is 59.7 Å². The largest absolute Gasteiger partial charge is 0.342 e. The second kappa shape index (κ2) is 7.79. The van der Waals surface area contributed by atoms with Crippen LogP contribution in [0.4, 0.5) is 5.69 Å². The monoisotopic (exact) mass is 387 g/mol. The fourth-order valence-electron chi connectivity index (χ4n) is 2.95. The molecule has 1 fully saturated rings. The molecule has 0 unspecified atom stereocenters. The topological polar surface area (TPSA) is 86.8 Å². The first-order valence-electron chi connectivity index (χ1n) is 8.58. The average molecular weight is 387 g/mol. The molecule has 7 nitrogen and oxygen atoms in total. The molecule has 27 heavy (non-hydrogen) atoms. The summed E-state index contributed by atoms with van der Waals surface area (Å²) < 4.78 is 28.1. The van der Waals surface area contributed by atoms with Gasteiger partial charge in [-0.25, -0.2) is 8.42 Å². The molecular formula is C19H21N3O4S. The second-order valence-corrected chi connectivity index (χ2v) is 8.04. The molecule has 1 heterocycles. The molecule has 2 aromatic carbocycles. The van der Waals surface area contributed by atoms with Gasteiger partial charge in [-0.2, -0.15) is 0 Å². The maximum Gasteiger partial charge on any atom is 0.262 e. The average Bonchev–Trinajstić information content (AvgIpc) is 2.68. The van der Waals surface area contributed by atoms with Crippen molar-refractivity contribution in [2.75, 3.05) is 30.9 Å². The lowest BCUT2D eigenvalue weighted by Crippen LogP contribution is -2.48. The number of hydrogen-bond acceptors (Lipinski definition) is 4. The molecule has 8 heteroatoms. The van der Waals surface area contributed by atoms with Crippen LogP contribution in [0.25, 0.3) is 0 Å². The number of aryl methyl sites for hydroxylation is 1. The molecule has 1 aliphatic heterocycles. The Morgan fingerprint density at radius 2 is 1.70 bits per heavy atom. The van der Waals surface area contributed by atoms with Crippen molar-refractivity contribution in [1.29, 1.82) is 0 Å². The van der Waals surface area contributed by atoms with Gasteiger partial charge in [-0.1, -0.05) is 24.3 Å². The van der Waals surface area contributed by atoms with Crippen LogP contribution >= 0.6 is 0 Å². The third-order valence-corrected chi connectivity index (χ3v) is 6.02. The molecule has 0 radical (unpaired) electrons. The molecule has 1 saturated heterocycles. The van der Waals surface area contributed by atoms with E-state index in [9.17, 15) is 18.0 Å². The van der Waals surface area contributed by atoms with Gasteiger partial charge in [0, 0.05) is 37.4 Å². The molecule has 0 atom stereocenters. The van der Waals surface area contributed by atoms with Crippen LogP contribution in [-0.2, 0) is 14.8 Å². The summed E-state index contributed by atoms with van der Waals surface area (Å²) in [5.74, 6) is -0.239. The Labute approximate surface area is 158 Å². The maximum absolute atomic E-state index is 12.8. The van der Waals surface area contributed by atoms with Gasteiger partial charge < -0.3 is 9.80 Å². The van der Waals surface area contributed by atoms with Crippen LogP contribution in [0.3, 0.4) is 0 Å². The van der Waals surface area contributed by atoms with Gasteiger partial charge in [0.15, 0.2) is 0 Å². The summed E-state index contributed by atoms with van der Waals surface area (Å²) in [6.07, 6.45) is 0.771. The number of hydrogen-bond donors (Lipinski definition) is 1. The summed E-state index contributed by atoms with van der Waals surface area (Å²) in [5, 5.41) is 0. The fourth-order valence-corrected chi connectivity index (χ4v) is 4.28. The van der Waals surface area contributed by atoms with Gasteiger partial charge in [0.2, 0.25) is 6.41 Å². The molecule has 2 amide bonds. The van der Waals surface area contributed by atoms with E-state index in [0.29, 0.717) is 43.0 Å². The predicted octanol–water partition coefficient (Wildman–Crippen LogP) is 1.71. The number of sulfonamides is 1. The Morgan fingerprint density at radius 1 is 1.04 bits per heavy atom. The van der Waals surface area contributed by atoms with Crippen LogP contribution in [0.1, 0.15) is 15.9 Å². The molecule has 0 spiro atoms. The SMILES string of the molecule is Cc1ccc(C(=O)N2CCN(C=O)CC2)cc1S(=O)(=O)Nc1ccccc1. The van der Waals surface area contributed by atoms with E-state index in [0.717, 1.165) is 6.41 Å². The number of rotatable bonds is 5. The summed E-state index contributed by atoms with van der Waals surface area (Å²) >= 11 is 0. The number of amides is 2. The zero-order chi connectivity index (χ0) is 19.4. The van der Waals surface area contributed by atoms with Crippen molar-refractivity contribution in [2.24, 2.45) is 0 Å². The van der Waals surface area contributed by atoms with Gasteiger partial charge in [-0.3, -0.25) is 14.3 Å². The standard InChI is InChI=1S/C19H21N3O4S/c1-15-7-8-16(19(24)22-11-9-21(14-23)10-12-22)13-18(15)27(25,26)20-17-5-3-2-4-6-17/h2-8,13-14,20H,9-12H2,1H3. The smallest absolute Gasteiger partial charge is 0.262 e. The van der Waals surface area contributed by atoms with E-state index in [4.69, 9.17) is 0 Å². The molecule has 1 N–H and O–H groups in total. The van der Waals surface area contributed by atoms with E-state index in [1.54, 1.807) is 59.2 Å². The van der Waals surface area contributed by atoms with Crippen LogP contribution < -0.4 is 4.72 Å². The fraction of sp³-hybridized carbons (Fsp3) is 0.263. The van der Waals surface area contributed by atoms with Crippen LogP contribution in [0, 0.1) is 6.92 Å². The van der Waals surface area contributed by atoms with Gasteiger partial charge in [0.05, 0.1) is 4.90 Å². The summed E-state index contributed by atoms with van der Waals surface area (Å²) in [6.45, 7) is 3.49. The molecular weight excluding hydrogens is 366 g/mol. The summed E-state index contributed by atoms with van der Waals surface area (Å²) in [4.78, 5) is 26.9. The molecule has 0 aliphatic carbocycles. The first-order valence-corrected chi connectivity index (χ1v) is 10.1. The highest BCUT2D eigenvalue weighted by Gasteiger charge is 2.24. The number of carbonyl (C=O) groups excluding carboxylic acids is 2. The highest BCUT2D eigenvalue weighted by atomic mass is 32.2. The van der Waals surface area contributed by atoms with E-state index in [1.807, 2.05) is 0 Å². The van der Waals surface area contributed by atoms with Crippen LogP contribution in [0.15, 0.2) is 53.4 Å². The Balaban J connectivity index is 1.84. The van der Waals surface area contributed by atoms with Gasteiger partial charge >= 0.3 is 0 Å². The highest BCUT2D eigenvalue weighted by molar-refractivity contribution is 7.92. The van der Waals surface area contributed by atoms with Crippen molar-refractivity contribution in [3.63, 3.8) is 0 Å². The van der Waals surface area contributed by atoms with Crippen molar-refractivity contribution in [3.8, 4) is 0 Å². The number of para-hydroxylation sites is 1. The van der Waals surface area contributed by atoms with Crippen molar-refractivity contribution >= 4 is 28.0 Å². The molecule has 142 valence electrons. The Kier molecular flexibility index (Phi) is 5.46. The maximum atomic E-state index is 12.8. The third kappa shape index (κ3) is 4.28. The number of carbonyl (C=O) groups is 2. The lowest BCUT2D eigenvalue weighted by molar-refractivity contribution is -0.119. The lowest BCUT2D eigenvalue weighted by atomic mass is 10.1. The minimum Gasteiger partial charge on any atom is -0.342 e. The molecule has 2 aromatic rings. The van der Waals surface area contributed by atoms with Gasteiger partial charge in [-0.15, -0.1) is 0 Å². The first-order chi connectivity index (χ1) is 12.9. The van der Waals surface area contributed by atoms with Crippen molar-refractivity contribution in [2.45, 2.75) is 11.8 Å². The molecule has 3 rings (SSSR count). The molecule has 0 aromatic heterocycles. The minimum atomic E-state index is -3.82. The van der Waals surface area contributed by atoms with Crippen LogP contribution in [0.2, 0.25) is 0 Å². The van der Waals surface area contributed by atoms with Crippen LogP contribution in [-0.4, -0.2) is 56.7 Å². The zero-order valence-corrected chi connectivity index (χ0v) is 15.8. The van der Waals surface area contributed by atoms with Gasteiger partial charge in [-0.05, 0) is 36.8 Å². The molecule has 0 bridgehead atoms. The second-order valence-electron chi connectivity index (χ2n) is 6.39. The lowest BCUT2D eigenvalue weighted by Gasteiger charge is -2.32. The number of nitrogens with zero attached hydrogens (tertiary/aromatic N) is 2. The zero-order valence-electron chi connectivity index (χ0n) is 15.0. The van der Waals surface area contributed by atoms with Crippen molar-refractivity contribution in [1.82, 2.24) is 9.80 Å². The summed E-state index contributed by atoms with van der Waals surface area (Å²) in [5.41, 5.74) is 1.33. The number of piperazine rings is 1. The van der Waals surface area contributed by atoms with E-state index >= 15 is 0 Å². The third-order valence-electron chi connectivity index (χ3n) is 4.50. The van der Waals surface area contributed by atoms with E-state index in [1.165, 1.54) is 6.07 Å². The van der Waals surface area contributed by atoms with Gasteiger partial charge in [0.25, 0.3) is 15.9 Å². The minimum absolute atomic E-state index is 0.0729. The normalized spacial score (nSPS) is 14.7. The van der Waals surface area contributed by atoms with Gasteiger partial charge in [0.1, 0.15) is 0 Å². The number of nitrogens with one attached hydrogen (secondary N) is 1. The van der Waals surface area contributed by atoms with E-state index < -0.39 is 10.0 Å². The Morgan fingerprint density at radius 3 is 2.33 bits per heavy atom. The Bertz CT molecular complexity index is 937. The molecule has 0 saturated carbocycles. The van der Waals surface area contributed by atoms with Crippen molar-refractivity contribution < 1.29 is 18.0 Å². The van der Waals surface area contributed by atoms with Crippen LogP contribution in [0.5, 0.6) is 0 Å². The summed E-state index contributed by atoms with van der Waals surface area (Å²) in [7, 11) is -3.82. The highest BCUT2D eigenvalue weighted by Crippen LogP contribution is 2.22. The van der Waals surface area contributed by atoms with E-state index in [-0.39, 0.29) is 10.8 Å². The molecule has 1 aliphatic rings. The van der Waals surface area contributed by atoms with E-state index in [2.05, 4.69) is 4.72 Å². The number of anilines is 1. The predicted molar refractivity (Wildman–Crippen MR) is 102 cm³/mol. The number of benzene rings is 2. The summed E-state index contributed by atoms with van der Waals surface area (Å²) in [6, 6.07) is 13.3. The quantitative estimate of drug-likeness (QED) is 0.792. The Hall–Kier alpha value is -2.87.